The predicted octanol–water partition coefficient (Wildman–Crippen LogP) is 2.58. The topological polar surface area (TPSA) is 65.5 Å². The van der Waals surface area contributed by atoms with Crippen molar-refractivity contribution >= 4 is 11.9 Å². The third kappa shape index (κ3) is 6.59. The number of rotatable bonds is 7. The third-order valence-electron chi connectivity index (χ3n) is 4.16. The monoisotopic (exact) mass is 352 g/mol. The number of benzene rings is 2. The molecule has 2 rings (SSSR count). The molecule has 0 aliphatic heterocycles. The number of aryl methyl sites for hydroxylation is 1. The van der Waals surface area contributed by atoms with E-state index >= 15 is 0 Å². The minimum absolute atomic E-state index is 0.0662. The van der Waals surface area contributed by atoms with Gasteiger partial charge in [0, 0.05) is 20.1 Å². The molecule has 26 heavy (non-hydrogen) atoms. The number of carbonyl (C=O) groups is 1. The third-order valence-corrected chi connectivity index (χ3v) is 4.16. The van der Waals surface area contributed by atoms with Crippen LogP contribution in [0.3, 0.4) is 0 Å². The number of aliphatic imine (C=N–C) groups is 1. The van der Waals surface area contributed by atoms with Crippen molar-refractivity contribution in [1.82, 2.24) is 16.0 Å². The lowest BCUT2D eigenvalue weighted by Crippen LogP contribution is -2.43. The largest absolute Gasteiger partial charge is 0.356 e. The molecule has 138 valence electrons. The molecule has 1 atom stereocenters. The maximum absolute atomic E-state index is 12.0. The Hall–Kier alpha value is -2.82. The van der Waals surface area contributed by atoms with E-state index in [0.717, 1.165) is 12.1 Å². The van der Waals surface area contributed by atoms with Gasteiger partial charge in [-0.05, 0) is 24.0 Å². The first-order chi connectivity index (χ1) is 12.6. The summed E-state index contributed by atoms with van der Waals surface area (Å²) in [5, 5.41) is 9.22. The van der Waals surface area contributed by atoms with Crippen LogP contribution in [0.15, 0.2) is 59.6 Å². The highest BCUT2D eigenvalue weighted by Crippen LogP contribution is 2.15. The van der Waals surface area contributed by atoms with E-state index in [1.54, 1.807) is 7.05 Å². The molecule has 1 amide bonds. The minimum Gasteiger partial charge on any atom is -0.356 e. The van der Waals surface area contributed by atoms with E-state index in [0.29, 0.717) is 18.4 Å². The molecule has 0 heterocycles. The molecule has 0 saturated heterocycles. The van der Waals surface area contributed by atoms with Gasteiger partial charge in [0.15, 0.2) is 5.96 Å². The lowest BCUT2D eigenvalue weighted by Gasteiger charge is -2.16. The van der Waals surface area contributed by atoms with Crippen LogP contribution in [-0.4, -0.2) is 32.0 Å². The number of amides is 1. The Morgan fingerprint density at radius 2 is 1.81 bits per heavy atom. The molecular formula is C21H28N4O. The molecular weight excluding hydrogens is 324 g/mol. The summed E-state index contributed by atoms with van der Waals surface area (Å²) in [4.78, 5) is 16.2. The molecule has 3 N–H and O–H groups in total. The molecule has 0 saturated carbocycles. The smallest absolute Gasteiger partial charge is 0.239 e. The lowest BCUT2D eigenvalue weighted by atomic mass is 9.99. The van der Waals surface area contributed by atoms with Crippen molar-refractivity contribution in [1.29, 1.82) is 0 Å². The Kier molecular flexibility index (Phi) is 7.68. The quantitative estimate of drug-likeness (QED) is 0.530. The maximum atomic E-state index is 12.0. The molecule has 5 nitrogen and oxygen atoms in total. The molecule has 0 aromatic heterocycles. The fourth-order valence-electron chi connectivity index (χ4n) is 2.59. The fraction of sp³-hybridized carbons (Fsp3) is 0.333. The molecule has 0 aliphatic carbocycles. The standard InChI is InChI=1S/C21H28N4O/c1-16-8-7-11-19(12-16)17(2)13-24-21(22-3)25-15-20(26)23-14-18-9-5-4-6-10-18/h4-12,17H,13-15H2,1-3H3,(H,23,26)(H2,22,24,25). The van der Waals surface area contributed by atoms with Gasteiger partial charge in [0.25, 0.3) is 0 Å². The maximum Gasteiger partial charge on any atom is 0.239 e. The zero-order valence-corrected chi connectivity index (χ0v) is 15.8. The van der Waals surface area contributed by atoms with Crippen LogP contribution in [0.25, 0.3) is 0 Å². The number of carbonyl (C=O) groups excluding carboxylic acids is 1. The van der Waals surface area contributed by atoms with E-state index in [9.17, 15) is 4.79 Å². The van der Waals surface area contributed by atoms with Gasteiger partial charge in [-0.15, -0.1) is 0 Å². The van der Waals surface area contributed by atoms with Gasteiger partial charge in [-0.3, -0.25) is 9.79 Å². The van der Waals surface area contributed by atoms with Gasteiger partial charge >= 0.3 is 0 Å². The van der Waals surface area contributed by atoms with Crippen molar-refractivity contribution in [2.45, 2.75) is 26.3 Å². The first-order valence-electron chi connectivity index (χ1n) is 8.90. The summed E-state index contributed by atoms with van der Waals surface area (Å²) < 4.78 is 0. The van der Waals surface area contributed by atoms with Gasteiger partial charge in [0.05, 0.1) is 6.54 Å². The van der Waals surface area contributed by atoms with Crippen molar-refractivity contribution in [3.05, 3.63) is 71.3 Å². The summed E-state index contributed by atoms with van der Waals surface area (Å²) >= 11 is 0. The van der Waals surface area contributed by atoms with Crippen LogP contribution in [0, 0.1) is 6.92 Å². The van der Waals surface area contributed by atoms with Gasteiger partial charge < -0.3 is 16.0 Å². The van der Waals surface area contributed by atoms with Crippen molar-refractivity contribution in [3.8, 4) is 0 Å². The van der Waals surface area contributed by atoms with Crippen molar-refractivity contribution in [2.24, 2.45) is 4.99 Å². The molecule has 0 radical (unpaired) electrons. The van der Waals surface area contributed by atoms with Gasteiger partial charge in [0.2, 0.25) is 5.91 Å². The van der Waals surface area contributed by atoms with E-state index in [-0.39, 0.29) is 12.5 Å². The number of nitrogens with one attached hydrogen (secondary N) is 3. The Bertz CT molecular complexity index is 728. The normalized spacial score (nSPS) is 12.3. The second-order valence-corrected chi connectivity index (χ2v) is 6.38. The Balaban J connectivity index is 1.72. The van der Waals surface area contributed by atoms with E-state index in [4.69, 9.17) is 0 Å². The first kappa shape index (κ1) is 19.5. The molecule has 0 fully saturated rings. The van der Waals surface area contributed by atoms with Crippen molar-refractivity contribution < 1.29 is 4.79 Å². The van der Waals surface area contributed by atoms with Gasteiger partial charge in [-0.25, -0.2) is 0 Å². The number of guanidine groups is 1. The molecule has 0 spiro atoms. The van der Waals surface area contributed by atoms with Crippen molar-refractivity contribution in [3.63, 3.8) is 0 Å². The summed E-state index contributed by atoms with van der Waals surface area (Å²) in [5.41, 5.74) is 3.62. The van der Waals surface area contributed by atoms with E-state index < -0.39 is 0 Å². The SMILES string of the molecule is CN=C(NCC(=O)NCc1ccccc1)NCC(C)c1cccc(C)c1. The minimum atomic E-state index is -0.0662. The second-order valence-electron chi connectivity index (χ2n) is 6.38. The van der Waals surface area contributed by atoms with Crippen LogP contribution in [0.4, 0.5) is 0 Å². The summed E-state index contributed by atoms with van der Waals surface area (Å²) in [5.74, 6) is 0.906. The fourth-order valence-corrected chi connectivity index (χ4v) is 2.59. The van der Waals surface area contributed by atoms with Crippen LogP contribution in [0.5, 0.6) is 0 Å². The van der Waals surface area contributed by atoms with Crippen LogP contribution in [0.2, 0.25) is 0 Å². The van der Waals surface area contributed by atoms with Gasteiger partial charge in [-0.1, -0.05) is 67.1 Å². The van der Waals surface area contributed by atoms with Crippen LogP contribution in [0.1, 0.15) is 29.5 Å². The average Bonchev–Trinajstić information content (AvgIpc) is 2.67. The molecule has 0 bridgehead atoms. The Morgan fingerprint density at radius 1 is 1.04 bits per heavy atom. The number of nitrogens with zero attached hydrogens (tertiary/aromatic N) is 1. The second kappa shape index (κ2) is 10.2. The zero-order chi connectivity index (χ0) is 18.8. The molecule has 2 aromatic rings. The highest BCUT2D eigenvalue weighted by Gasteiger charge is 2.08. The van der Waals surface area contributed by atoms with E-state index in [2.05, 4.69) is 59.1 Å². The highest BCUT2D eigenvalue weighted by atomic mass is 16.1. The first-order valence-corrected chi connectivity index (χ1v) is 8.90. The van der Waals surface area contributed by atoms with E-state index in [1.807, 2.05) is 30.3 Å². The summed E-state index contributed by atoms with van der Waals surface area (Å²) in [6, 6.07) is 18.3. The van der Waals surface area contributed by atoms with Crippen molar-refractivity contribution in [2.75, 3.05) is 20.1 Å². The molecule has 5 heteroatoms. The van der Waals surface area contributed by atoms with Crippen LogP contribution < -0.4 is 16.0 Å². The number of hydrogen-bond acceptors (Lipinski definition) is 2. The number of hydrogen-bond donors (Lipinski definition) is 3. The zero-order valence-electron chi connectivity index (χ0n) is 15.8. The molecule has 0 aliphatic rings. The average molecular weight is 352 g/mol. The molecule has 1 unspecified atom stereocenters. The summed E-state index contributed by atoms with van der Waals surface area (Å²) in [6.07, 6.45) is 0. The Morgan fingerprint density at radius 3 is 2.50 bits per heavy atom. The lowest BCUT2D eigenvalue weighted by molar-refractivity contribution is -0.120. The summed E-state index contributed by atoms with van der Waals surface area (Å²) in [7, 11) is 1.70. The van der Waals surface area contributed by atoms with E-state index in [1.165, 1.54) is 11.1 Å². The predicted molar refractivity (Wildman–Crippen MR) is 107 cm³/mol. The Labute approximate surface area is 155 Å². The van der Waals surface area contributed by atoms with Gasteiger partial charge in [-0.2, -0.15) is 0 Å². The van der Waals surface area contributed by atoms with Crippen LogP contribution in [-0.2, 0) is 11.3 Å². The summed E-state index contributed by atoms with van der Waals surface area (Å²) in [6.45, 7) is 5.72. The van der Waals surface area contributed by atoms with Crippen LogP contribution >= 0.6 is 0 Å². The van der Waals surface area contributed by atoms with Gasteiger partial charge in [0.1, 0.15) is 0 Å². The molecule has 2 aromatic carbocycles. The highest BCUT2D eigenvalue weighted by molar-refractivity contribution is 5.86.